The third kappa shape index (κ3) is 7.52. The van der Waals surface area contributed by atoms with E-state index in [1.807, 2.05) is 0 Å². The number of carbonyl (C=O) groups is 1. The summed E-state index contributed by atoms with van der Waals surface area (Å²) < 4.78 is 70.6. The summed E-state index contributed by atoms with van der Waals surface area (Å²) in [7, 11) is -3.99. The van der Waals surface area contributed by atoms with Crippen LogP contribution in [0.1, 0.15) is 21.5 Å². The van der Waals surface area contributed by atoms with E-state index in [4.69, 9.17) is 27.9 Å². The molecule has 0 saturated carbocycles. The van der Waals surface area contributed by atoms with Crippen LogP contribution < -0.4 is 14.4 Å². The molecule has 12 heteroatoms. The molecule has 3 aromatic carbocycles. The fourth-order valence-corrected chi connectivity index (χ4v) is 4.44. The quantitative estimate of drug-likeness (QED) is 0.336. The van der Waals surface area contributed by atoms with Crippen molar-refractivity contribution in [3.63, 3.8) is 0 Å². The van der Waals surface area contributed by atoms with Crippen LogP contribution in [-0.2, 0) is 22.7 Å². The maximum absolute atomic E-state index is 13.2. The van der Waals surface area contributed by atoms with Crippen molar-refractivity contribution < 1.29 is 31.1 Å². The molecular weight excluding hydrogens is 540 g/mol. The van der Waals surface area contributed by atoms with Crippen molar-refractivity contribution in [2.45, 2.75) is 12.7 Å². The second-order valence-corrected chi connectivity index (χ2v) is 10.4. The summed E-state index contributed by atoms with van der Waals surface area (Å²) in [6, 6.07) is 15.2. The molecule has 6 nitrogen and oxygen atoms in total. The number of nitrogens with one attached hydrogen (secondary N) is 1. The second-order valence-electron chi connectivity index (χ2n) is 7.69. The van der Waals surface area contributed by atoms with Crippen LogP contribution in [0.15, 0.2) is 66.7 Å². The molecule has 0 aromatic heterocycles. The molecule has 192 valence electrons. The zero-order valence-electron chi connectivity index (χ0n) is 18.9. The largest absolute Gasteiger partial charge is 0.492 e. The number of carbonyl (C=O) groups excluding carboxylic acids is 1. The van der Waals surface area contributed by atoms with Gasteiger partial charge in [-0.05, 0) is 60.2 Å². The van der Waals surface area contributed by atoms with Gasteiger partial charge in [-0.1, -0.05) is 35.3 Å². The Morgan fingerprint density at radius 3 is 2.22 bits per heavy atom. The number of hydrogen-bond donors (Lipinski definition) is 1. The van der Waals surface area contributed by atoms with Crippen molar-refractivity contribution in [2.24, 2.45) is 0 Å². The van der Waals surface area contributed by atoms with Gasteiger partial charge in [0.1, 0.15) is 12.4 Å². The molecule has 0 aliphatic heterocycles. The Kier molecular flexibility index (Phi) is 8.76. The van der Waals surface area contributed by atoms with Gasteiger partial charge in [-0.25, -0.2) is 8.42 Å². The minimum atomic E-state index is -4.67. The Balaban J connectivity index is 1.66. The molecule has 0 atom stereocenters. The van der Waals surface area contributed by atoms with Crippen molar-refractivity contribution in [3.05, 3.63) is 93.5 Å². The molecule has 0 aliphatic carbocycles. The third-order valence-corrected chi connectivity index (χ3v) is 6.65. The maximum Gasteiger partial charge on any atom is 0.416 e. The lowest BCUT2D eigenvalue weighted by atomic mass is 10.1. The highest BCUT2D eigenvalue weighted by Gasteiger charge is 2.32. The average molecular weight is 561 g/mol. The Morgan fingerprint density at radius 2 is 1.64 bits per heavy atom. The van der Waals surface area contributed by atoms with Crippen molar-refractivity contribution in [3.8, 4) is 5.75 Å². The van der Waals surface area contributed by atoms with Crippen LogP contribution in [0.5, 0.6) is 5.75 Å². The minimum Gasteiger partial charge on any atom is -0.492 e. The summed E-state index contributed by atoms with van der Waals surface area (Å²) in [5.74, 6) is 0.233. The molecule has 3 aromatic rings. The molecule has 0 radical (unpaired) electrons. The summed E-state index contributed by atoms with van der Waals surface area (Å²) >= 11 is 11.9. The van der Waals surface area contributed by atoms with Crippen LogP contribution in [0.25, 0.3) is 0 Å². The first-order chi connectivity index (χ1) is 16.8. The van der Waals surface area contributed by atoms with Crippen LogP contribution in [0.4, 0.5) is 18.9 Å². The first kappa shape index (κ1) is 27.6. The van der Waals surface area contributed by atoms with Crippen LogP contribution in [0, 0.1) is 0 Å². The summed E-state index contributed by atoms with van der Waals surface area (Å²) in [5, 5.41) is 3.13. The lowest BCUT2D eigenvalue weighted by Crippen LogP contribution is -2.30. The number of amides is 1. The fraction of sp³-hybridized carbons (Fsp3) is 0.208. The highest BCUT2D eigenvalue weighted by Crippen LogP contribution is 2.36. The van der Waals surface area contributed by atoms with Gasteiger partial charge in [-0.2, -0.15) is 13.2 Å². The van der Waals surface area contributed by atoms with Gasteiger partial charge >= 0.3 is 6.18 Å². The van der Waals surface area contributed by atoms with Crippen LogP contribution in [0.2, 0.25) is 10.0 Å². The number of ether oxygens (including phenoxy) is 1. The number of alkyl halides is 3. The van der Waals surface area contributed by atoms with E-state index in [1.165, 1.54) is 24.3 Å². The first-order valence-corrected chi connectivity index (χ1v) is 13.0. The molecule has 0 heterocycles. The van der Waals surface area contributed by atoms with E-state index >= 15 is 0 Å². The van der Waals surface area contributed by atoms with E-state index in [-0.39, 0.29) is 36.3 Å². The number of benzene rings is 3. The molecule has 0 saturated heterocycles. The third-order valence-electron chi connectivity index (χ3n) is 4.95. The first-order valence-electron chi connectivity index (χ1n) is 10.4. The Morgan fingerprint density at radius 1 is 1.00 bits per heavy atom. The molecule has 36 heavy (non-hydrogen) atoms. The monoisotopic (exact) mass is 560 g/mol. The van der Waals surface area contributed by atoms with Gasteiger partial charge in [0.2, 0.25) is 10.0 Å². The fourth-order valence-electron chi connectivity index (χ4n) is 3.15. The SMILES string of the molecule is CS(=O)(=O)N(Cc1ccc(C(=O)NCCOc2ccc(Cl)cc2)cc1)c1cc(C(F)(F)F)ccc1Cl. The molecule has 1 amide bonds. The van der Waals surface area contributed by atoms with E-state index in [9.17, 15) is 26.4 Å². The lowest BCUT2D eigenvalue weighted by Gasteiger charge is -2.24. The lowest BCUT2D eigenvalue weighted by molar-refractivity contribution is -0.137. The van der Waals surface area contributed by atoms with Gasteiger partial charge in [-0.15, -0.1) is 0 Å². The average Bonchev–Trinajstić information content (AvgIpc) is 2.81. The van der Waals surface area contributed by atoms with Gasteiger partial charge < -0.3 is 10.1 Å². The van der Waals surface area contributed by atoms with Crippen molar-refractivity contribution in [2.75, 3.05) is 23.7 Å². The predicted molar refractivity (Wildman–Crippen MR) is 133 cm³/mol. The van der Waals surface area contributed by atoms with Crippen molar-refractivity contribution in [1.29, 1.82) is 0 Å². The standard InChI is InChI=1S/C24H21Cl2F3N2O4S/c1-36(33,34)31(22-14-18(24(27,28)29)6-11-21(22)26)15-16-2-4-17(5-3-16)23(32)30-12-13-35-20-9-7-19(25)8-10-20/h2-11,14H,12-13,15H2,1H3,(H,30,32). The smallest absolute Gasteiger partial charge is 0.416 e. The van der Waals surface area contributed by atoms with E-state index < -0.39 is 21.8 Å². The van der Waals surface area contributed by atoms with Crippen LogP contribution >= 0.6 is 23.2 Å². The van der Waals surface area contributed by atoms with Gasteiger partial charge in [0.25, 0.3) is 5.91 Å². The summed E-state index contributed by atoms with van der Waals surface area (Å²) in [6.07, 6.45) is -3.80. The Bertz CT molecular complexity index is 1320. The van der Waals surface area contributed by atoms with E-state index in [2.05, 4.69) is 5.32 Å². The number of halogens is 5. The number of nitrogens with zero attached hydrogens (tertiary/aromatic N) is 1. The second kappa shape index (κ2) is 11.4. The maximum atomic E-state index is 13.2. The highest BCUT2D eigenvalue weighted by molar-refractivity contribution is 7.92. The molecule has 0 aliphatic rings. The molecule has 0 fully saturated rings. The van der Waals surface area contributed by atoms with Crippen molar-refractivity contribution in [1.82, 2.24) is 5.32 Å². The predicted octanol–water partition coefficient (Wildman–Crippen LogP) is 5.79. The van der Waals surface area contributed by atoms with Gasteiger partial charge in [0, 0.05) is 10.6 Å². The normalized spacial score (nSPS) is 11.7. The zero-order chi connectivity index (χ0) is 26.5. The number of rotatable bonds is 9. The number of hydrogen-bond acceptors (Lipinski definition) is 4. The van der Waals surface area contributed by atoms with Crippen LogP contribution in [-0.4, -0.2) is 33.7 Å². The molecule has 0 bridgehead atoms. The molecule has 1 N–H and O–H groups in total. The summed E-state index contributed by atoms with van der Waals surface area (Å²) in [4.78, 5) is 12.4. The van der Waals surface area contributed by atoms with E-state index in [0.717, 1.165) is 22.7 Å². The van der Waals surface area contributed by atoms with Gasteiger partial charge in [0.15, 0.2) is 0 Å². The minimum absolute atomic E-state index is 0.148. The summed E-state index contributed by atoms with van der Waals surface area (Å²) in [6.45, 7) is 0.183. The van der Waals surface area contributed by atoms with E-state index in [1.54, 1.807) is 24.3 Å². The highest BCUT2D eigenvalue weighted by atomic mass is 35.5. The topological polar surface area (TPSA) is 75.7 Å². The number of sulfonamides is 1. The number of anilines is 1. The van der Waals surface area contributed by atoms with Crippen molar-refractivity contribution >= 4 is 44.8 Å². The Labute approximate surface area is 216 Å². The van der Waals surface area contributed by atoms with E-state index in [0.29, 0.717) is 28.0 Å². The summed E-state index contributed by atoms with van der Waals surface area (Å²) in [5.41, 5.74) is -0.566. The molecule has 3 rings (SSSR count). The molecular formula is C24H21Cl2F3N2O4S. The molecule has 0 unspecified atom stereocenters. The molecule has 0 spiro atoms. The van der Waals surface area contributed by atoms with Gasteiger partial charge in [-0.3, -0.25) is 9.10 Å². The van der Waals surface area contributed by atoms with Crippen LogP contribution in [0.3, 0.4) is 0 Å². The zero-order valence-corrected chi connectivity index (χ0v) is 21.2. The van der Waals surface area contributed by atoms with Gasteiger partial charge in [0.05, 0.1) is 35.6 Å². The Hall–Kier alpha value is -2.95.